The molecule has 3 N–H and O–H groups in total. The number of ether oxygens (including phenoxy) is 2. The minimum Gasteiger partial charge on any atom is -0.462 e. The number of phosphoric acid groups is 1. The molecular weight excluding hydrogens is 1000 g/mol. The molecule has 0 radical (unpaired) electrons. The maximum atomic E-state index is 12.7. The summed E-state index contributed by atoms with van der Waals surface area (Å²) in [5.41, 5.74) is 5.39. The topological polar surface area (TPSA) is 134 Å². The lowest BCUT2D eigenvalue weighted by atomic mass is 10.0. The highest BCUT2D eigenvalue weighted by atomic mass is 31.2. The molecule has 0 bridgehead atoms. The van der Waals surface area contributed by atoms with Crippen LogP contribution >= 0.6 is 7.82 Å². The summed E-state index contributed by atoms with van der Waals surface area (Å²) in [5, 5.41) is 0. The van der Waals surface area contributed by atoms with Crippen LogP contribution in [0.25, 0.3) is 0 Å². The van der Waals surface area contributed by atoms with Crippen molar-refractivity contribution in [3.05, 3.63) is 158 Å². The lowest BCUT2D eigenvalue weighted by Gasteiger charge is -2.19. The van der Waals surface area contributed by atoms with E-state index in [1.165, 1.54) is 57.8 Å². The number of nitrogens with two attached hydrogens (primary N) is 1. The van der Waals surface area contributed by atoms with Crippen LogP contribution in [0.3, 0.4) is 0 Å². The maximum absolute atomic E-state index is 12.7. The van der Waals surface area contributed by atoms with Gasteiger partial charge in [-0.05, 0) is 122 Å². The second-order valence-corrected chi connectivity index (χ2v) is 21.3. The standard InChI is InChI=1S/C69H112NO8P/c1-3-5-7-9-11-13-15-17-19-21-23-25-27-29-31-32-33-34-36-37-39-41-43-45-47-49-51-53-55-57-59-61-68(71)75-65-67(66-77-79(73,74)76-64-63-70)78-69(72)62-60-58-56-54-52-50-48-46-44-42-40-38-35-30-28-26-24-22-20-18-16-14-12-10-8-6-4-2/h5-8,11-14,17-20,23-26,29-31,33-35,40,42,46,48,67H,3-4,9-10,15-16,21-22,27-28,32,36-39,41,43-45,47,49-66,70H2,1-2H3,(H,73,74)/b7-5-,8-6-,13-11-,14-12-,19-17-,20-18-,25-23-,26-24-,31-29-,34-33-,35-30-,42-40-,48-46-. The Morgan fingerprint density at radius 1 is 0.380 bits per heavy atom. The quantitative estimate of drug-likeness (QED) is 0.0264. The van der Waals surface area contributed by atoms with Crippen molar-refractivity contribution < 1.29 is 37.6 Å². The molecule has 0 aliphatic rings. The molecule has 10 heteroatoms. The van der Waals surface area contributed by atoms with Crippen LogP contribution in [0.1, 0.15) is 232 Å². The van der Waals surface area contributed by atoms with Gasteiger partial charge in [-0.15, -0.1) is 0 Å². The number of carbonyl (C=O) groups is 2. The van der Waals surface area contributed by atoms with E-state index in [0.717, 1.165) is 141 Å². The van der Waals surface area contributed by atoms with Gasteiger partial charge in [-0.25, -0.2) is 4.57 Å². The fraction of sp³-hybridized carbons (Fsp3) is 0.594. The van der Waals surface area contributed by atoms with Gasteiger partial charge < -0.3 is 20.1 Å². The summed E-state index contributed by atoms with van der Waals surface area (Å²) >= 11 is 0. The van der Waals surface area contributed by atoms with Crippen LogP contribution in [0.4, 0.5) is 0 Å². The average molecular weight is 1110 g/mol. The molecule has 0 aliphatic heterocycles. The Balaban J connectivity index is 4.04. The Morgan fingerprint density at radius 3 is 0.975 bits per heavy atom. The monoisotopic (exact) mass is 1110 g/mol. The van der Waals surface area contributed by atoms with Crippen LogP contribution < -0.4 is 5.73 Å². The molecule has 0 aromatic rings. The van der Waals surface area contributed by atoms with Gasteiger partial charge in [0.25, 0.3) is 0 Å². The molecule has 0 heterocycles. The molecular formula is C69H112NO8P. The van der Waals surface area contributed by atoms with Crippen molar-refractivity contribution in [2.75, 3.05) is 26.4 Å². The van der Waals surface area contributed by atoms with Gasteiger partial charge in [0.1, 0.15) is 6.61 Å². The summed E-state index contributed by atoms with van der Waals surface area (Å²) in [4.78, 5) is 35.3. The third-order valence-corrected chi connectivity index (χ3v) is 13.4. The lowest BCUT2D eigenvalue weighted by Crippen LogP contribution is -2.29. The van der Waals surface area contributed by atoms with E-state index in [2.05, 4.69) is 172 Å². The number of unbranched alkanes of at least 4 members (excludes halogenated alkanes) is 17. The van der Waals surface area contributed by atoms with Crippen molar-refractivity contribution in [2.45, 2.75) is 238 Å². The summed E-state index contributed by atoms with van der Waals surface area (Å²) in [7, 11) is -4.41. The number of carbonyl (C=O) groups excluding carboxylic acids is 2. The molecule has 9 nitrogen and oxygen atoms in total. The van der Waals surface area contributed by atoms with Crippen molar-refractivity contribution in [3.63, 3.8) is 0 Å². The van der Waals surface area contributed by atoms with E-state index in [1.54, 1.807) is 0 Å². The lowest BCUT2D eigenvalue weighted by molar-refractivity contribution is -0.161. The highest BCUT2D eigenvalue weighted by Crippen LogP contribution is 2.43. The molecule has 0 aliphatic carbocycles. The average Bonchev–Trinajstić information content (AvgIpc) is 3.44. The van der Waals surface area contributed by atoms with Crippen LogP contribution in [0.5, 0.6) is 0 Å². The van der Waals surface area contributed by atoms with Crippen LogP contribution in [-0.2, 0) is 32.7 Å². The van der Waals surface area contributed by atoms with Gasteiger partial charge in [0.2, 0.25) is 0 Å². The minimum absolute atomic E-state index is 0.0411. The molecule has 0 rings (SSSR count). The van der Waals surface area contributed by atoms with E-state index in [0.29, 0.717) is 6.42 Å². The molecule has 79 heavy (non-hydrogen) atoms. The van der Waals surface area contributed by atoms with Crippen molar-refractivity contribution in [3.8, 4) is 0 Å². The summed E-state index contributed by atoms with van der Waals surface area (Å²) in [6.45, 7) is 3.48. The highest BCUT2D eigenvalue weighted by molar-refractivity contribution is 7.47. The second kappa shape index (κ2) is 62.8. The van der Waals surface area contributed by atoms with Gasteiger partial charge in [-0.1, -0.05) is 255 Å². The van der Waals surface area contributed by atoms with Crippen LogP contribution in [-0.4, -0.2) is 49.3 Å². The third kappa shape index (κ3) is 62.7. The highest BCUT2D eigenvalue weighted by Gasteiger charge is 2.26. The first-order valence-corrected chi connectivity index (χ1v) is 32.5. The smallest absolute Gasteiger partial charge is 0.462 e. The van der Waals surface area contributed by atoms with Gasteiger partial charge in [0.05, 0.1) is 13.2 Å². The summed E-state index contributed by atoms with van der Waals surface area (Å²) in [5.74, 6) is -0.862. The fourth-order valence-corrected chi connectivity index (χ4v) is 8.68. The first kappa shape index (κ1) is 74.6. The summed E-state index contributed by atoms with van der Waals surface area (Å²) in [6, 6.07) is 0. The van der Waals surface area contributed by atoms with Crippen molar-refractivity contribution in [1.82, 2.24) is 0 Å². The molecule has 0 spiro atoms. The normalized spacial score (nSPS) is 14.1. The Kier molecular flexibility index (Phi) is 59.3. The first-order valence-electron chi connectivity index (χ1n) is 31.0. The predicted molar refractivity (Wildman–Crippen MR) is 339 cm³/mol. The van der Waals surface area contributed by atoms with Gasteiger partial charge >= 0.3 is 19.8 Å². The fourth-order valence-electron chi connectivity index (χ4n) is 7.91. The number of esters is 2. The molecule has 0 saturated heterocycles. The largest absolute Gasteiger partial charge is 0.472 e. The Labute approximate surface area is 483 Å². The van der Waals surface area contributed by atoms with Crippen LogP contribution in [0.2, 0.25) is 0 Å². The Morgan fingerprint density at radius 2 is 0.658 bits per heavy atom. The number of rotatable bonds is 56. The second-order valence-electron chi connectivity index (χ2n) is 19.8. The Bertz CT molecular complexity index is 1850. The van der Waals surface area contributed by atoms with Gasteiger partial charge in [0, 0.05) is 19.4 Å². The van der Waals surface area contributed by atoms with Crippen LogP contribution in [0.15, 0.2) is 158 Å². The molecule has 0 aromatic carbocycles. The van der Waals surface area contributed by atoms with Crippen molar-refractivity contribution in [2.24, 2.45) is 5.73 Å². The predicted octanol–water partition coefficient (Wildman–Crippen LogP) is 20.1. The SMILES string of the molecule is CC/C=C\C/C=C\C/C=C\C/C=C\C/C=C\C/C=C\C/C=C\CCCCCCCC(=O)OC(COC(=O)CCCCCCCCCCCCCC/C=C\C/C=C\C/C=C\C/C=C\C/C=C\C/C=C\CC)COP(=O)(O)OCCN. The number of phosphoric ester groups is 1. The van der Waals surface area contributed by atoms with Gasteiger partial charge in [-0.2, -0.15) is 0 Å². The van der Waals surface area contributed by atoms with Crippen LogP contribution in [0, 0.1) is 0 Å². The van der Waals surface area contributed by atoms with Crippen molar-refractivity contribution in [1.29, 1.82) is 0 Å². The number of hydrogen-bond donors (Lipinski definition) is 2. The summed E-state index contributed by atoms with van der Waals surface area (Å²) in [6.07, 6.45) is 91.5. The van der Waals surface area contributed by atoms with E-state index in [1.807, 2.05) is 0 Å². The zero-order valence-electron chi connectivity index (χ0n) is 49.8. The van der Waals surface area contributed by atoms with E-state index in [4.69, 9.17) is 24.3 Å². The molecule has 0 amide bonds. The molecule has 446 valence electrons. The molecule has 0 aromatic heterocycles. The zero-order chi connectivity index (χ0) is 57.3. The molecule has 0 saturated carbocycles. The van der Waals surface area contributed by atoms with E-state index >= 15 is 0 Å². The molecule has 0 fully saturated rings. The zero-order valence-corrected chi connectivity index (χ0v) is 50.7. The van der Waals surface area contributed by atoms with Crippen molar-refractivity contribution >= 4 is 19.8 Å². The van der Waals surface area contributed by atoms with E-state index in [-0.39, 0.29) is 32.6 Å². The van der Waals surface area contributed by atoms with Gasteiger partial charge in [-0.3, -0.25) is 18.6 Å². The van der Waals surface area contributed by atoms with E-state index in [9.17, 15) is 19.0 Å². The maximum Gasteiger partial charge on any atom is 0.472 e. The van der Waals surface area contributed by atoms with E-state index < -0.39 is 32.5 Å². The molecule has 2 unspecified atom stereocenters. The summed E-state index contributed by atoms with van der Waals surface area (Å²) < 4.78 is 33.1. The van der Waals surface area contributed by atoms with Gasteiger partial charge in [0.15, 0.2) is 6.10 Å². The Hall–Kier alpha value is -4.37. The number of hydrogen-bond acceptors (Lipinski definition) is 8. The molecule has 2 atom stereocenters. The third-order valence-electron chi connectivity index (χ3n) is 12.4. The number of allylic oxidation sites excluding steroid dienone is 26. The first-order chi connectivity index (χ1) is 38.8. The minimum atomic E-state index is -4.41.